The van der Waals surface area contributed by atoms with Gasteiger partial charge in [0, 0.05) is 18.7 Å². The summed E-state index contributed by atoms with van der Waals surface area (Å²) < 4.78 is 27.0. The molecule has 0 saturated carbocycles. The Labute approximate surface area is 139 Å². The van der Waals surface area contributed by atoms with Gasteiger partial charge >= 0.3 is 0 Å². The molecule has 0 bridgehead atoms. The summed E-state index contributed by atoms with van der Waals surface area (Å²) in [4.78, 5) is 12.2. The number of hydrogen-bond acceptors (Lipinski definition) is 3. The van der Waals surface area contributed by atoms with Crippen LogP contribution in [-0.4, -0.2) is 31.6 Å². The number of carbonyl (C=O) groups is 1. The van der Waals surface area contributed by atoms with Gasteiger partial charge in [0.25, 0.3) is 0 Å². The SMILES string of the molecule is CC(=O)C1=C(CC(C)(C)C)CN(S(=O)(=O)c2ccc(C)cc2)C1. The van der Waals surface area contributed by atoms with E-state index >= 15 is 0 Å². The molecule has 0 saturated heterocycles. The molecule has 23 heavy (non-hydrogen) atoms. The molecule has 1 aromatic rings. The van der Waals surface area contributed by atoms with Crippen LogP contribution in [-0.2, 0) is 14.8 Å². The highest BCUT2D eigenvalue weighted by Crippen LogP contribution is 2.33. The number of sulfonamides is 1. The number of aryl methyl sites for hydroxylation is 1. The highest BCUT2D eigenvalue weighted by Gasteiger charge is 2.34. The summed E-state index contributed by atoms with van der Waals surface area (Å²) in [5, 5.41) is 0. The molecule has 0 fully saturated rings. The number of carbonyl (C=O) groups excluding carboxylic acids is 1. The van der Waals surface area contributed by atoms with E-state index < -0.39 is 10.0 Å². The lowest BCUT2D eigenvalue weighted by Crippen LogP contribution is -2.30. The fraction of sp³-hybridized carbons (Fsp3) is 0.500. The van der Waals surface area contributed by atoms with Crippen molar-refractivity contribution in [3.8, 4) is 0 Å². The first-order valence-corrected chi connectivity index (χ1v) is 9.23. The van der Waals surface area contributed by atoms with Crippen molar-refractivity contribution in [2.75, 3.05) is 13.1 Å². The van der Waals surface area contributed by atoms with Gasteiger partial charge in [0.15, 0.2) is 5.78 Å². The Kier molecular flexibility index (Phi) is 4.83. The van der Waals surface area contributed by atoms with Crippen LogP contribution in [0.25, 0.3) is 0 Å². The van der Waals surface area contributed by atoms with E-state index in [-0.39, 0.29) is 22.6 Å². The molecule has 4 nitrogen and oxygen atoms in total. The summed E-state index contributed by atoms with van der Waals surface area (Å²) in [5.41, 5.74) is 2.62. The lowest BCUT2D eigenvalue weighted by molar-refractivity contribution is -0.113. The van der Waals surface area contributed by atoms with Crippen molar-refractivity contribution in [3.05, 3.63) is 41.0 Å². The number of rotatable bonds is 4. The summed E-state index contributed by atoms with van der Waals surface area (Å²) in [6.07, 6.45) is 0.724. The van der Waals surface area contributed by atoms with Crippen LogP contribution in [0.4, 0.5) is 0 Å². The van der Waals surface area contributed by atoms with Gasteiger partial charge in [-0.25, -0.2) is 8.42 Å². The van der Waals surface area contributed by atoms with Crippen molar-refractivity contribution < 1.29 is 13.2 Å². The average Bonchev–Trinajstić information content (AvgIpc) is 2.81. The molecule has 0 atom stereocenters. The molecule has 0 aliphatic carbocycles. The zero-order valence-corrected chi connectivity index (χ0v) is 15.3. The second-order valence-electron chi connectivity index (χ2n) is 7.46. The van der Waals surface area contributed by atoms with Crippen molar-refractivity contribution in [2.45, 2.75) is 45.9 Å². The van der Waals surface area contributed by atoms with Gasteiger partial charge in [0.2, 0.25) is 10.0 Å². The highest BCUT2D eigenvalue weighted by molar-refractivity contribution is 7.89. The van der Waals surface area contributed by atoms with E-state index in [1.165, 1.54) is 11.2 Å². The maximum Gasteiger partial charge on any atom is 0.243 e. The maximum absolute atomic E-state index is 12.8. The minimum atomic E-state index is -3.57. The Morgan fingerprint density at radius 1 is 1.13 bits per heavy atom. The third-order valence-corrected chi connectivity index (χ3v) is 5.76. The standard InChI is InChI=1S/C18H25NO3S/c1-13-6-8-16(9-7-13)23(21,22)19-11-15(10-18(3,4)5)17(12-19)14(2)20/h6-9H,10-12H2,1-5H3. The average molecular weight is 335 g/mol. The normalized spacial score (nSPS) is 16.9. The molecular formula is C18H25NO3S. The largest absolute Gasteiger partial charge is 0.295 e. The predicted octanol–water partition coefficient (Wildman–Crippen LogP) is 3.32. The van der Waals surface area contributed by atoms with Crippen LogP contribution in [0, 0.1) is 12.3 Å². The smallest absolute Gasteiger partial charge is 0.243 e. The zero-order valence-electron chi connectivity index (χ0n) is 14.5. The maximum atomic E-state index is 12.8. The third kappa shape index (κ3) is 4.09. The molecule has 2 rings (SSSR count). The Morgan fingerprint density at radius 2 is 1.70 bits per heavy atom. The topological polar surface area (TPSA) is 54.5 Å². The van der Waals surface area contributed by atoms with Gasteiger partial charge in [-0.1, -0.05) is 38.5 Å². The molecule has 1 aliphatic rings. The van der Waals surface area contributed by atoms with E-state index in [0.29, 0.717) is 12.1 Å². The van der Waals surface area contributed by atoms with E-state index in [4.69, 9.17) is 0 Å². The molecule has 5 heteroatoms. The molecule has 0 amide bonds. The summed E-state index contributed by atoms with van der Waals surface area (Å²) in [6, 6.07) is 6.83. The van der Waals surface area contributed by atoms with Crippen LogP contribution in [0.5, 0.6) is 0 Å². The Morgan fingerprint density at radius 3 is 2.17 bits per heavy atom. The Bertz CT molecular complexity index is 737. The monoisotopic (exact) mass is 335 g/mol. The van der Waals surface area contributed by atoms with Crippen LogP contribution in [0.15, 0.2) is 40.3 Å². The van der Waals surface area contributed by atoms with Crippen LogP contribution >= 0.6 is 0 Å². The summed E-state index contributed by atoms with van der Waals surface area (Å²) >= 11 is 0. The molecule has 1 aliphatic heterocycles. The van der Waals surface area contributed by atoms with Crippen LogP contribution in [0.3, 0.4) is 0 Å². The molecule has 126 valence electrons. The zero-order chi connectivity index (χ0) is 17.4. The van der Waals surface area contributed by atoms with Crippen LogP contribution < -0.4 is 0 Å². The molecule has 0 aromatic heterocycles. The molecule has 0 N–H and O–H groups in total. The molecule has 1 heterocycles. The lowest BCUT2D eigenvalue weighted by Gasteiger charge is -2.21. The molecule has 1 aromatic carbocycles. The van der Waals surface area contributed by atoms with Gasteiger partial charge in [-0.05, 0) is 43.4 Å². The third-order valence-electron chi connectivity index (χ3n) is 3.96. The van der Waals surface area contributed by atoms with Gasteiger partial charge in [0.1, 0.15) is 0 Å². The minimum Gasteiger partial charge on any atom is -0.295 e. The second kappa shape index (κ2) is 6.21. The van der Waals surface area contributed by atoms with E-state index in [2.05, 4.69) is 20.8 Å². The first kappa shape index (κ1) is 17.9. The van der Waals surface area contributed by atoms with Gasteiger partial charge < -0.3 is 0 Å². The predicted molar refractivity (Wildman–Crippen MR) is 91.7 cm³/mol. The van der Waals surface area contributed by atoms with E-state index in [9.17, 15) is 13.2 Å². The molecule has 0 spiro atoms. The Hall–Kier alpha value is -1.46. The number of ketones is 1. The van der Waals surface area contributed by atoms with E-state index in [1.807, 2.05) is 6.92 Å². The number of Topliss-reactive ketones (excluding diaryl/α,β-unsaturated/α-hetero) is 1. The first-order valence-electron chi connectivity index (χ1n) is 7.79. The summed E-state index contributed by atoms with van der Waals surface area (Å²) in [6.45, 7) is 10.2. The van der Waals surface area contributed by atoms with Crippen molar-refractivity contribution in [2.24, 2.45) is 5.41 Å². The van der Waals surface area contributed by atoms with Crippen molar-refractivity contribution in [1.29, 1.82) is 0 Å². The highest BCUT2D eigenvalue weighted by atomic mass is 32.2. The molecular weight excluding hydrogens is 310 g/mol. The second-order valence-corrected chi connectivity index (χ2v) is 9.40. The summed E-state index contributed by atoms with van der Waals surface area (Å²) in [5.74, 6) is -0.0362. The van der Waals surface area contributed by atoms with E-state index in [0.717, 1.165) is 17.6 Å². The van der Waals surface area contributed by atoms with Crippen LogP contribution in [0.2, 0.25) is 0 Å². The van der Waals surface area contributed by atoms with Gasteiger partial charge in [-0.3, -0.25) is 4.79 Å². The molecule has 0 radical (unpaired) electrons. The van der Waals surface area contributed by atoms with Crippen molar-refractivity contribution in [1.82, 2.24) is 4.31 Å². The lowest BCUT2D eigenvalue weighted by atomic mass is 9.86. The quantitative estimate of drug-likeness (QED) is 0.848. The first-order chi connectivity index (χ1) is 10.5. The number of nitrogens with zero attached hydrogens (tertiary/aromatic N) is 1. The molecule has 0 unspecified atom stereocenters. The Balaban J connectivity index is 2.30. The van der Waals surface area contributed by atoms with Crippen molar-refractivity contribution in [3.63, 3.8) is 0 Å². The fourth-order valence-corrected chi connectivity index (χ4v) is 4.25. The van der Waals surface area contributed by atoms with Gasteiger partial charge in [-0.2, -0.15) is 4.31 Å². The van der Waals surface area contributed by atoms with Crippen molar-refractivity contribution >= 4 is 15.8 Å². The summed E-state index contributed by atoms with van der Waals surface area (Å²) in [7, 11) is -3.57. The number of hydrogen-bond donors (Lipinski definition) is 0. The number of benzene rings is 1. The van der Waals surface area contributed by atoms with Crippen LogP contribution in [0.1, 0.15) is 39.7 Å². The van der Waals surface area contributed by atoms with Gasteiger partial charge in [0.05, 0.1) is 4.90 Å². The minimum absolute atomic E-state index is 0.0136. The van der Waals surface area contributed by atoms with E-state index in [1.54, 1.807) is 24.3 Å². The fourth-order valence-electron chi connectivity index (χ4n) is 2.84. The van der Waals surface area contributed by atoms with Gasteiger partial charge in [-0.15, -0.1) is 0 Å².